The number of fused-ring (bicyclic) bond motifs is 1. The molecule has 0 bridgehead atoms. The summed E-state index contributed by atoms with van der Waals surface area (Å²) in [6.07, 6.45) is 1.25. The van der Waals surface area contributed by atoms with Crippen LogP contribution in [0.1, 0.15) is 35.8 Å². The molecular formula is C29H39FN6O6. The summed E-state index contributed by atoms with van der Waals surface area (Å²) in [4.78, 5) is 60.2. The minimum atomic E-state index is -1.42. The number of aromatic nitrogens is 1. The summed E-state index contributed by atoms with van der Waals surface area (Å²) in [5.41, 5.74) is 1.31. The second kappa shape index (κ2) is 14.8. The van der Waals surface area contributed by atoms with Crippen molar-refractivity contribution in [2.45, 2.75) is 32.7 Å². The third-order valence-corrected chi connectivity index (χ3v) is 7.31. The van der Waals surface area contributed by atoms with E-state index in [2.05, 4.69) is 15.6 Å². The molecule has 2 saturated heterocycles. The van der Waals surface area contributed by atoms with Crippen molar-refractivity contribution in [3.63, 3.8) is 0 Å². The summed E-state index contributed by atoms with van der Waals surface area (Å²) in [7, 11) is 0. The average molecular weight is 587 g/mol. The fraction of sp³-hybridized carbons (Fsp3) is 0.552. The van der Waals surface area contributed by atoms with Crippen LogP contribution in [0, 0.1) is 6.92 Å². The Morgan fingerprint density at radius 3 is 2.43 bits per heavy atom. The van der Waals surface area contributed by atoms with E-state index in [1.165, 1.54) is 15.9 Å². The second-order valence-corrected chi connectivity index (χ2v) is 10.4. The number of piperazine rings is 2. The number of carbonyl (C=O) groups excluding carboxylic acids is 4. The number of carbonyl (C=O) groups is 4. The number of alkyl halides is 1. The molecule has 0 radical (unpaired) electrons. The van der Waals surface area contributed by atoms with Crippen molar-refractivity contribution < 1.29 is 33.0 Å². The minimum Gasteiger partial charge on any atom is -0.483 e. The van der Waals surface area contributed by atoms with Crippen LogP contribution in [0.2, 0.25) is 0 Å². The van der Waals surface area contributed by atoms with Crippen LogP contribution in [0.25, 0.3) is 10.9 Å². The number of benzene rings is 1. The molecule has 3 heterocycles. The van der Waals surface area contributed by atoms with Crippen LogP contribution in [0.4, 0.5) is 9.18 Å². The van der Waals surface area contributed by atoms with Gasteiger partial charge in [0.2, 0.25) is 5.91 Å². The number of nitrogens with zero attached hydrogens (tertiary/aromatic N) is 4. The Labute approximate surface area is 244 Å². The lowest BCUT2D eigenvalue weighted by Crippen LogP contribution is -2.56. The second-order valence-electron chi connectivity index (χ2n) is 10.4. The number of hydrogen-bond acceptors (Lipinski definition) is 8. The van der Waals surface area contributed by atoms with Crippen LogP contribution < -0.4 is 15.4 Å². The van der Waals surface area contributed by atoms with E-state index in [0.29, 0.717) is 49.4 Å². The maximum Gasteiger partial charge on any atom is 0.409 e. The van der Waals surface area contributed by atoms with E-state index in [0.717, 1.165) is 18.4 Å². The van der Waals surface area contributed by atoms with E-state index in [1.54, 1.807) is 17.0 Å². The molecule has 12 nitrogen and oxygen atoms in total. The van der Waals surface area contributed by atoms with Gasteiger partial charge in [0.25, 0.3) is 11.8 Å². The summed E-state index contributed by atoms with van der Waals surface area (Å²) < 4.78 is 25.1. The quantitative estimate of drug-likeness (QED) is 0.401. The molecule has 2 aliphatic heterocycles. The highest BCUT2D eigenvalue weighted by Crippen LogP contribution is 2.27. The number of nitrogens with one attached hydrogen (secondary N) is 2. The monoisotopic (exact) mass is 586 g/mol. The van der Waals surface area contributed by atoms with Gasteiger partial charge in [-0.15, -0.1) is 0 Å². The van der Waals surface area contributed by atoms with E-state index < -0.39 is 30.6 Å². The van der Waals surface area contributed by atoms with Crippen LogP contribution in [-0.2, 0) is 14.3 Å². The normalized spacial score (nSPS) is 16.2. The molecule has 13 heteroatoms. The number of unbranched alkanes of at least 4 members (excludes halogenated alkanes) is 1. The SMILES string of the molecule is CCCCOC(=O)N1CCN(C(=O)C(CF)NC(=O)c2cc(OCC(=O)N3CCNCC3)c3ccc(C)cc3n2)CC1. The van der Waals surface area contributed by atoms with Crippen molar-refractivity contribution in [2.24, 2.45) is 0 Å². The molecule has 228 valence electrons. The lowest BCUT2D eigenvalue weighted by Gasteiger charge is -2.35. The first-order valence-corrected chi connectivity index (χ1v) is 14.4. The van der Waals surface area contributed by atoms with Gasteiger partial charge in [0.15, 0.2) is 6.61 Å². The van der Waals surface area contributed by atoms with Gasteiger partial charge < -0.3 is 34.8 Å². The number of ether oxygens (including phenoxy) is 2. The third-order valence-electron chi connectivity index (χ3n) is 7.31. The molecule has 2 aromatic rings. The number of pyridine rings is 1. The van der Waals surface area contributed by atoms with Crippen molar-refractivity contribution in [3.05, 3.63) is 35.5 Å². The van der Waals surface area contributed by atoms with Gasteiger partial charge in [-0.2, -0.15) is 0 Å². The largest absolute Gasteiger partial charge is 0.483 e. The lowest BCUT2D eigenvalue weighted by atomic mass is 10.1. The molecule has 1 atom stereocenters. The van der Waals surface area contributed by atoms with E-state index in [1.807, 2.05) is 19.9 Å². The molecular weight excluding hydrogens is 547 g/mol. The number of hydrogen-bond donors (Lipinski definition) is 2. The molecule has 42 heavy (non-hydrogen) atoms. The lowest BCUT2D eigenvalue weighted by molar-refractivity contribution is -0.135. The first kappa shape index (κ1) is 30.9. The van der Waals surface area contributed by atoms with Crippen LogP contribution >= 0.6 is 0 Å². The Balaban J connectivity index is 1.41. The number of amides is 4. The fourth-order valence-electron chi connectivity index (χ4n) is 4.81. The Morgan fingerprint density at radius 2 is 1.74 bits per heavy atom. The Hall–Kier alpha value is -4.00. The van der Waals surface area contributed by atoms with Gasteiger partial charge in [-0.25, -0.2) is 14.2 Å². The molecule has 0 spiro atoms. The molecule has 2 aliphatic rings. The highest BCUT2D eigenvalue weighted by atomic mass is 19.1. The molecule has 2 fully saturated rings. The van der Waals surface area contributed by atoms with Crippen molar-refractivity contribution in [2.75, 3.05) is 72.2 Å². The first-order chi connectivity index (χ1) is 20.3. The van der Waals surface area contributed by atoms with Crippen LogP contribution in [0.5, 0.6) is 5.75 Å². The summed E-state index contributed by atoms with van der Waals surface area (Å²) in [6, 6.07) is 5.44. The maximum atomic E-state index is 14.1. The maximum absolute atomic E-state index is 14.1. The molecule has 1 aromatic carbocycles. The number of rotatable bonds is 10. The van der Waals surface area contributed by atoms with Crippen molar-refractivity contribution in [1.29, 1.82) is 0 Å². The minimum absolute atomic E-state index is 0.0661. The van der Waals surface area contributed by atoms with Gasteiger partial charge in [0.1, 0.15) is 24.2 Å². The van der Waals surface area contributed by atoms with Gasteiger partial charge in [0.05, 0.1) is 12.1 Å². The fourth-order valence-corrected chi connectivity index (χ4v) is 4.81. The number of aryl methyl sites for hydroxylation is 1. The predicted molar refractivity (Wildman–Crippen MR) is 153 cm³/mol. The summed E-state index contributed by atoms with van der Waals surface area (Å²) in [5.74, 6) is -1.21. The average Bonchev–Trinajstić information content (AvgIpc) is 3.02. The molecule has 4 rings (SSSR count). The summed E-state index contributed by atoms with van der Waals surface area (Å²) in [5, 5.41) is 6.28. The van der Waals surface area contributed by atoms with E-state index in [9.17, 15) is 23.6 Å². The zero-order valence-corrected chi connectivity index (χ0v) is 24.2. The standard InChI is InChI=1S/C29H39FN6O6/c1-3-4-15-41-29(40)36-13-11-35(12-14-36)28(39)24(18-30)33-27(38)23-17-25(21-6-5-20(2)16-22(21)32-23)42-19-26(37)34-9-7-31-8-10-34/h5-6,16-17,24,31H,3-4,7-15,18-19H2,1-2H3,(H,33,38). The third kappa shape index (κ3) is 7.84. The molecule has 0 saturated carbocycles. The molecule has 4 amide bonds. The smallest absolute Gasteiger partial charge is 0.409 e. The zero-order valence-electron chi connectivity index (χ0n) is 24.2. The van der Waals surface area contributed by atoms with E-state index in [4.69, 9.17) is 9.47 Å². The van der Waals surface area contributed by atoms with Crippen LogP contribution in [-0.4, -0.2) is 122 Å². The van der Waals surface area contributed by atoms with Crippen molar-refractivity contribution in [1.82, 2.24) is 30.3 Å². The molecule has 1 aromatic heterocycles. The topological polar surface area (TPSA) is 133 Å². The Morgan fingerprint density at radius 1 is 1.02 bits per heavy atom. The van der Waals surface area contributed by atoms with Gasteiger partial charge >= 0.3 is 6.09 Å². The van der Waals surface area contributed by atoms with Crippen molar-refractivity contribution in [3.8, 4) is 5.75 Å². The first-order valence-electron chi connectivity index (χ1n) is 14.4. The van der Waals surface area contributed by atoms with Crippen molar-refractivity contribution >= 4 is 34.7 Å². The zero-order chi connectivity index (χ0) is 30.1. The number of halogens is 1. The Bertz CT molecular complexity index is 1280. The van der Waals surface area contributed by atoms with Gasteiger partial charge in [-0.05, 0) is 31.0 Å². The van der Waals surface area contributed by atoms with E-state index >= 15 is 0 Å². The van der Waals surface area contributed by atoms with Crippen LogP contribution in [0.15, 0.2) is 24.3 Å². The summed E-state index contributed by atoms with van der Waals surface area (Å²) >= 11 is 0. The van der Waals surface area contributed by atoms with Gasteiger partial charge in [0, 0.05) is 63.8 Å². The highest BCUT2D eigenvalue weighted by Gasteiger charge is 2.31. The summed E-state index contributed by atoms with van der Waals surface area (Å²) in [6.45, 7) is 6.39. The van der Waals surface area contributed by atoms with Gasteiger partial charge in [-0.3, -0.25) is 14.4 Å². The predicted octanol–water partition coefficient (Wildman–Crippen LogP) is 1.50. The van der Waals surface area contributed by atoms with Gasteiger partial charge in [-0.1, -0.05) is 19.4 Å². The highest BCUT2D eigenvalue weighted by molar-refractivity contribution is 5.99. The van der Waals surface area contributed by atoms with Crippen LogP contribution in [0.3, 0.4) is 0 Å². The molecule has 1 unspecified atom stereocenters. The molecule has 2 N–H and O–H groups in total. The van der Waals surface area contributed by atoms with E-state index in [-0.39, 0.29) is 44.4 Å². The molecule has 0 aliphatic carbocycles. The Kier molecular flexibility index (Phi) is 10.9.